The molecule has 1 aliphatic heterocycles. The first-order valence-corrected chi connectivity index (χ1v) is 9.06. The lowest BCUT2D eigenvalue weighted by Gasteiger charge is -2.17. The van der Waals surface area contributed by atoms with Crippen LogP contribution in [-0.4, -0.2) is 45.2 Å². The summed E-state index contributed by atoms with van der Waals surface area (Å²) >= 11 is 0. The van der Waals surface area contributed by atoms with Gasteiger partial charge in [-0.25, -0.2) is 0 Å². The van der Waals surface area contributed by atoms with Gasteiger partial charge < -0.3 is 14.5 Å². The van der Waals surface area contributed by atoms with Gasteiger partial charge in [0, 0.05) is 44.2 Å². The summed E-state index contributed by atoms with van der Waals surface area (Å²) in [5, 5.41) is 10.9. The van der Waals surface area contributed by atoms with Crippen LogP contribution in [0.15, 0.2) is 22.9 Å². The van der Waals surface area contributed by atoms with Crippen LogP contribution >= 0.6 is 0 Å². The lowest BCUT2D eigenvalue weighted by atomic mass is 10.2. The summed E-state index contributed by atoms with van der Waals surface area (Å²) < 4.78 is 11.6. The number of aromatic nitrogens is 3. The second-order valence-corrected chi connectivity index (χ2v) is 6.95. The molecule has 2 aromatic heterocycles. The zero-order valence-electron chi connectivity index (χ0n) is 14.9. The molecule has 138 valence electrons. The Balaban J connectivity index is 1.31. The second kappa shape index (κ2) is 7.41. The van der Waals surface area contributed by atoms with Gasteiger partial charge in [0.1, 0.15) is 11.9 Å². The number of likely N-dealkylation sites (tertiary alicyclic amines) is 1. The molecular formula is C18H23N5O3. The van der Waals surface area contributed by atoms with Gasteiger partial charge >= 0.3 is 0 Å². The van der Waals surface area contributed by atoms with Crippen LogP contribution in [0.4, 0.5) is 0 Å². The Morgan fingerprint density at radius 2 is 2.27 bits per heavy atom. The van der Waals surface area contributed by atoms with Crippen LogP contribution in [0.1, 0.15) is 36.6 Å². The number of hydrogen-bond acceptors (Lipinski definition) is 7. The number of pyridine rings is 1. The fourth-order valence-electron chi connectivity index (χ4n) is 3.14. The number of nitrogens with zero attached hydrogens (tertiary/aromatic N) is 4. The molecule has 8 nitrogen and oxygen atoms in total. The van der Waals surface area contributed by atoms with Crippen LogP contribution < -0.4 is 10.1 Å². The highest BCUT2D eigenvalue weighted by Crippen LogP contribution is 2.29. The molecule has 0 aromatic carbocycles. The minimum absolute atomic E-state index is 0.0844. The van der Waals surface area contributed by atoms with Gasteiger partial charge in [0.2, 0.25) is 17.7 Å². The van der Waals surface area contributed by atoms with Crippen molar-refractivity contribution in [1.29, 1.82) is 0 Å². The summed E-state index contributed by atoms with van der Waals surface area (Å²) in [7, 11) is 0. The quantitative estimate of drug-likeness (QED) is 0.801. The first-order valence-electron chi connectivity index (χ1n) is 9.06. The summed E-state index contributed by atoms with van der Waals surface area (Å²) in [5.41, 5.74) is 0.958. The standard InChI is InChI=1S/C18H23N5O3/c1-12-21-22-17(25-12)11-23-7-5-15(10-23)26-16-9-19-6-4-14(16)8-20-18(24)13-2-3-13/h4,6,9,13,15H,2-3,5,7-8,10-11H2,1H3,(H,20,24)/t15-/m0/s1. The molecule has 0 spiro atoms. The molecule has 1 atom stereocenters. The van der Waals surface area contributed by atoms with Gasteiger partial charge in [0.25, 0.3) is 0 Å². The number of nitrogens with one attached hydrogen (secondary N) is 1. The fraction of sp³-hybridized carbons (Fsp3) is 0.556. The molecule has 1 N–H and O–H groups in total. The Labute approximate surface area is 151 Å². The van der Waals surface area contributed by atoms with Gasteiger partial charge in [0.05, 0.1) is 12.7 Å². The third kappa shape index (κ3) is 4.19. The Hall–Kier alpha value is -2.48. The third-order valence-electron chi connectivity index (χ3n) is 4.72. The van der Waals surface area contributed by atoms with Crippen molar-refractivity contribution < 1.29 is 13.9 Å². The van der Waals surface area contributed by atoms with Crippen molar-refractivity contribution in [3.8, 4) is 5.75 Å². The van der Waals surface area contributed by atoms with E-state index in [0.29, 0.717) is 24.9 Å². The molecule has 0 radical (unpaired) electrons. The minimum atomic E-state index is 0.0844. The van der Waals surface area contributed by atoms with Crippen molar-refractivity contribution in [2.45, 2.75) is 45.4 Å². The molecule has 2 fully saturated rings. The first kappa shape index (κ1) is 17.0. The largest absolute Gasteiger partial charge is 0.487 e. The maximum absolute atomic E-state index is 11.9. The van der Waals surface area contributed by atoms with Crippen LogP contribution in [0.5, 0.6) is 5.75 Å². The van der Waals surface area contributed by atoms with E-state index >= 15 is 0 Å². The Kier molecular flexibility index (Phi) is 4.83. The van der Waals surface area contributed by atoms with E-state index in [9.17, 15) is 4.79 Å². The maximum atomic E-state index is 11.9. The summed E-state index contributed by atoms with van der Waals surface area (Å²) in [4.78, 5) is 18.3. The summed E-state index contributed by atoms with van der Waals surface area (Å²) in [6.45, 7) is 4.62. The van der Waals surface area contributed by atoms with E-state index in [1.165, 1.54) is 0 Å². The van der Waals surface area contributed by atoms with E-state index in [1.807, 2.05) is 6.07 Å². The number of hydrogen-bond donors (Lipinski definition) is 1. The molecule has 8 heteroatoms. The lowest BCUT2D eigenvalue weighted by molar-refractivity contribution is -0.122. The van der Waals surface area contributed by atoms with Crippen LogP contribution in [-0.2, 0) is 17.9 Å². The summed E-state index contributed by atoms with van der Waals surface area (Å²) in [6.07, 6.45) is 6.47. The predicted octanol–water partition coefficient (Wildman–Crippen LogP) is 1.45. The van der Waals surface area contributed by atoms with Gasteiger partial charge in [-0.3, -0.25) is 14.7 Å². The Bertz CT molecular complexity index is 774. The average molecular weight is 357 g/mol. The van der Waals surface area contributed by atoms with Crippen molar-refractivity contribution in [2.75, 3.05) is 13.1 Å². The first-order chi connectivity index (χ1) is 12.7. The molecule has 0 unspecified atom stereocenters. The zero-order valence-corrected chi connectivity index (χ0v) is 14.9. The molecule has 2 aromatic rings. The number of carbonyl (C=O) groups is 1. The van der Waals surface area contributed by atoms with Crippen molar-refractivity contribution in [1.82, 2.24) is 25.4 Å². The van der Waals surface area contributed by atoms with Crippen LogP contribution in [0.2, 0.25) is 0 Å². The highest BCUT2D eigenvalue weighted by atomic mass is 16.5. The van der Waals surface area contributed by atoms with E-state index < -0.39 is 0 Å². The molecule has 2 aliphatic rings. The van der Waals surface area contributed by atoms with E-state index in [1.54, 1.807) is 19.3 Å². The third-order valence-corrected chi connectivity index (χ3v) is 4.72. The van der Waals surface area contributed by atoms with Gasteiger partial charge in [-0.05, 0) is 25.3 Å². The van der Waals surface area contributed by atoms with Crippen molar-refractivity contribution in [2.24, 2.45) is 5.92 Å². The van der Waals surface area contributed by atoms with Gasteiger partial charge in [-0.2, -0.15) is 0 Å². The molecule has 3 heterocycles. The lowest BCUT2D eigenvalue weighted by Crippen LogP contribution is -2.26. The minimum Gasteiger partial charge on any atom is -0.487 e. The van der Waals surface area contributed by atoms with Crippen molar-refractivity contribution >= 4 is 5.91 Å². The number of rotatable bonds is 7. The smallest absolute Gasteiger partial charge is 0.230 e. The van der Waals surface area contributed by atoms with Gasteiger partial charge in [0.15, 0.2) is 0 Å². The normalized spacial score (nSPS) is 20.3. The van der Waals surface area contributed by atoms with E-state index in [4.69, 9.17) is 9.15 Å². The summed E-state index contributed by atoms with van der Waals surface area (Å²) in [6, 6.07) is 1.90. The van der Waals surface area contributed by atoms with Crippen LogP contribution in [0, 0.1) is 12.8 Å². The van der Waals surface area contributed by atoms with Crippen molar-refractivity contribution in [3.05, 3.63) is 35.8 Å². The fourth-order valence-corrected chi connectivity index (χ4v) is 3.14. The molecule has 1 amide bonds. The molecule has 1 saturated heterocycles. The topological polar surface area (TPSA) is 93.4 Å². The average Bonchev–Trinajstić information content (AvgIpc) is 3.28. The highest BCUT2D eigenvalue weighted by Gasteiger charge is 2.29. The Morgan fingerprint density at radius 1 is 1.38 bits per heavy atom. The summed E-state index contributed by atoms with van der Waals surface area (Å²) in [5.74, 6) is 2.30. The number of carbonyl (C=O) groups excluding carboxylic acids is 1. The highest BCUT2D eigenvalue weighted by molar-refractivity contribution is 5.80. The van der Waals surface area contributed by atoms with Gasteiger partial charge in [-0.1, -0.05) is 0 Å². The van der Waals surface area contributed by atoms with Crippen molar-refractivity contribution in [3.63, 3.8) is 0 Å². The van der Waals surface area contributed by atoms with E-state index in [0.717, 1.165) is 43.7 Å². The molecular weight excluding hydrogens is 334 g/mol. The molecule has 4 rings (SSSR count). The van der Waals surface area contributed by atoms with Gasteiger partial charge in [-0.15, -0.1) is 10.2 Å². The molecule has 1 aliphatic carbocycles. The van der Waals surface area contributed by atoms with Crippen LogP contribution in [0.3, 0.4) is 0 Å². The number of aryl methyl sites for hydroxylation is 1. The number of amides is 1. The number of ether oxygens (including phenoxy) is 1. The Morgan fingerprint density at radius 3 is 3.04 bits per heavy atom. The molecule has 1 saturated carbocycles. The van der Waals surface area contributed by atoms with E-state index in [-0.39, 0.29) is 17.9 Å². The second-order valence-electron chi connectivity index (χ2n) is 6.95. The monoisotopic (exact) mass is 357 g/mol. The predicted molar refractivity (Wildman–Crippen MR) is 92.2 cm³/mol. The van der Waals surface area contributed by atoms with E-state index in [2.05, 4.69) is 25.4 Å². The molecule has 0 bridgehead atoms. The zero-order chi connectivity index (χ0) is 17.9. The molecule has 26 heavy (non-hydrogen) atoms. The SMILES string of the molecule is Cc1nnc(CN2CC[C@H](Oc3cnccc3CNC(=O)C3CC3)C2)o1. The van der Waals surface area contributed by atoms with Crippen LogP contribution in [0.25, 0.3) is 0 Å². The maximum Gasteiger partial charge on any atom is 0.230 e.